The Morgan fingerprint density at radius 1 is 1.14 bits per heavy atom. The first kappa shape index (κ1) is 13.1. The van der Waals surface area contributed by atoms with Gasteiger partial charge in [-0.25, -0.2) is 4.99 Å². The molecule has 3 rings (SSSR count). The van der Waals surface area contributed by atoms with Crippen molar-refractivity contribution in [2.24, 2.45) is 9.98 Å². The zero-order valence-corrected chi connectivity index (χ0v) is 11.2. The number of nitrogens with zero attached hydrogens (tertiary/aromatic N) is 3. The molecule has 5 heteroatoms. The molecule has 2 heterocycles. The van der Waals surface area contributed by atoms with Crippen LogP contribution in [0.1, 0.15) is 16.1 Å². The summed E-state index contributed by atoms with van der Waals surface area (Å²) in [7, 11) is 0. The molecule has 0 atom stereocenters. The van der Waals surface area contributed by atoms with E-state index in [1.165, 1.54) is 6.21 Å². The highest BCUT2D eigenvalue weighted by atomic mass is 16.5. The predicted molar refractivity (Wildman–Crippen MR) is 82.1 cm³/mol. The van der Waals surface area contributed by atoms with Gasteiger partial charge in [0.25, 0.3) is 5.91 Å². The number of hydrogen-bond acceptors (Lipinski definition) is 3. The van der Waals surface area contributed by atoms with E-state index >= 15 is 0 Å². The summed E-state index contributed by atoms with van der Waals surface area (Å²) in [5, 5.41) is 0. The van der Waals surface area contributed by atoms with Crippen molar-refractivity contribution < 1.29 is 9.53 Å². The van der Waals surface area contributed by atoms with Crippen LogP contribution in [0.15, 0.2) is 58.8 Å². The quantitative estimate of drug-likeness (QED) is 0.744. The van der Waals surface area contributed by atoms with Crippen LogP contribution in [-0.2, 0) is 0 Å². The summed E-state index contributed by atoms with van der Waals surface area (Å²) in [4.78, 5) is 20.1. The first-order valence-corrected chi connectivity index (χ1v) is 6.50. The summed E-state index contributed by atoms with van der Waals surface area (Å²) in [6.07, 6.45) is 8.29. The Balaban J connectivity index is 1.98. The second-order valence-electron chi connectivity index (χ2n) is 4.34. The van der Waals surface area contributed by atoms with Crippen molar-refractivity contribution in [3.63, 3.8) is 0 Å². The monoisotopic (exact) mass is 279 g/mol. The van der Waals surface area contributed by atoms with Gasteiger partial charge >= 0.3 is 0 Å². The highest BCUT2D eigenvalue weighted by molar-refractivity contribution is 5.98. The van der Waals surface area contributed by atoms with Gasteiger partial charge in [0, 0.05) is 36.6 Å². The molecule has 21 heavy (non-hydrogen) atoms. The first-order valence-electron chi connectivity index (χ1n) is 6.50. The molecule has 1 aliphatic heterocycles. The number of rotatable bonds is 0. The minimum absolute atomic E-state index is 0.227. The van der Waals surface area contributed by atoms with Crippen molar-refractivity contribution in [2.75, 3.05) is 6.61 Å². The van der Waals surface area contributed by atoms with E-state index in [4.69, 9.17) is 4.74 Å². The fourth-order valence-corrected chi connectivity index (χ4v) is 1.97. The smallest absolute Gasteiger partial charge is 0.293 e. The van der Waals surface area contributed by atoms with Gasteiger partial charge in [0.1, 0.15) is 18.1 Å². The molecular weight excluding hydrogens is 266 g/mol. The van der Waals surface area contributed by atoms with Crippen molar-refractivity contribution in [3.8, 4) is 5.75 Å². The normalized spacial score (nSPS) is 15.9. The number of ether oxygens (including phenoxy) is 1. The predicted octanol–water partition coefficient (Wildman–Crippen LogP) is 2.64. The lowest BCUT2D eigenvalue weighted by Gasteiger charge is -2.05. The third-order valence-electron chi connectivity index (χ3n) is 2.97. The molecule has 2 aromatic rings. The average Bonchev–Trinajstić information content (AvgIpc) is 2.97. The largest absolute Gasteiger partial charge is 0.487 e. The van der Waals surface area contributed by atoms with Gasteiger partial charge in [0.2, 0.25) is 0 Å². The maximum Gasteiger partial charge on any atom is 0.293 e. The molecule has 0 fully saturated rings. The summed E-state index contributed by atoms with van der Waals surface area (Å²) in [6.45, 7) is 0.227. The van der Waals surface area contributed by atoms with Gasteiger partial charge in [-0.05, 0) is 24.3 Å². The number of amides is 1. The lowest BCUT2D eigenvalue weighted by atomic mass is 10.2. The number of para-hydroxylation sites is 1. The maximum atomic E-state index is 12.0. The third kappa shape index (κ3) is 2.97. The fraction of sp³-hybridized carbons (Fsp3) is 0.0625. The van der Waals surface area contributed by atoms with Crippen molar-refractivity contribution in [2.45, 2.75) is 0 Å². The van der Waals surface area contributed by atoms with Gasteiger partial charge in [-0.1, -0.05) is 12.1 Å². The Hall–Kier alpha value is -2.95. The third-order valence-corrected chi connectivity index (χ3v) is 2.97. The first-order chi connectivity index (χ1) is 10.3. The van der Waals surface area contributed by atoms with E-state index in [0.29, 0.717) is 11.4 Å². The van der Waals surface area contributed by atoms with Gasteiger partial charge < -0.3 is 9.30 Å². The molecule has 0 radical (unpaired) electrons. The zero-order chi connectivity index (χ0) is 14.5. The van der Waals surface area contributed by atoms with Crippen LogP contribution in [0.4, 0.5) is 0 Å². The molecule has 1 aliphatic rings. The summed E-state index contributed by atoms with van der Waals surface area (Å²) < 4.78 is 7.28. The van der Waals surface area contributed by atoms with Crippen LogP contribution in [0.3, 0.4) is 0 Å². The molecule has 0 unspecified atom stereocenters. The fourth-order valence-electron chi connectivity index (χ4n) is 1.97. The molecule has 0 bridgehead atoms. The standard InChI is InChI=1S/C16H13N3O2/c20-16-14-5-3-9-19(14)10-7-17-12-13-4-1-2-6-15(13)21-11-8-18-16/h1-10,12H,11H2/b10-7-,17-12?,18-8?. The van der Waals surface area contributed by atoms with Crippen LogP contribution in [0.2, 0.25) is 0 Å². The molecule has 5 nitrogen and oxygen atoms in total. The molecule has 0 aliphatic carbocycles. The molecule has 1 aromatic heterocycles. The molecule has 0 saturated heterocycles. The van der Waals surface area contributed by atoms with E-state index in [0.717, 1.165) is 5.56 Å². The second kappa shape index (κ2) is 6.00. The summed E-state index contributed by atoms with van der Waals surface area (Å²) in [5.41, 5.74) is 1.35. The number of aromatic nitrogens is 1. The Kier molecular flexibility index (Phi) is 3.73. The zero-order valence-electron chi connectivity index (χ0n) is 11.2. The van der Waals surface area contributed by atoms with Crippen LogP contribution in [-0.4, -0.2) is 29.5 Å². The number of aliphatic imine (C=N–C) groups is 2. The van der Waals surface area contributed by atoms with E-state index in [9.17, 15) is 4.79 Å². The van der Waals surface area contributed by atoms with Crippen LogP contribution in [0, 0.1) is 0 Å². The van der Waals surface area contributed by atoms with Gasteiger partial charge in [-0.3, -0.25) is 9.79 Å². The summed E-state index contributed by atoms with van der Waals surface area (Å²) in [5.74, 6) is 0.386. The van der Waals surface area contributed by atoms with Crippen molar-refractivity contribution >= 4 is 24.5 Å². The summed E-state index contributed by atoms with van der Waals surface area (Å²) >= 11 is 0. The molecule has 104 valence electrons. The lowest BCUT2D eigenvalue weighted by molar-refractivity contribution is 0.0997. The minimum atomic E-state index is -0.315. The SMILES string of the molecule is O=C1N=CCOc2ccccc2C=N/C=C\n2cccc21. The van der Waals surface area contributed by atoms with Gasteiger partial charge in [0.15, 0.2) is 0 Å². The van der Waals surface area contributed by atoms with Crippen molar-refractivity contribution in [3.05, 3.63) is 60.1 Å². The van der Waals surface area contributed by atoms with Crippen molar-refractivity contribution in [1.82, 2.24) is 4.57 Å². The second-order valence-corrected chi connectivity index (χ2v) is 4.34. The highest BCUT2D eigenvalue weighted by Gasteiger charge is 2.07. The van der Waals surface area contributed by atoms with Gasteiger partial charge in [-0.2, -0.15) is 0 Å². The van der Waals surface area contributed by atoms with E-state index in [1.54, 1.807) is 41.5 Å². The Labute approximate surface area is 121 Å². The van der Waals surface area contributed by atoms with Gasteiger partial charge in [0.05, 0.1) is 0 Å². The molecule has 1 aromatic carbocycles. The van der Waals surface area contributed by atoms with E-state index in [2.05, 4.69) is 9.98 Å². The number of hydrogen-bond donors (Lipinski definition) is 0. The molecule has 0 N–H and O–H groups in total. The number of fused-ring (bicyclic) bond motifs is 2. The maximum absolute atomic E-state index is 12.0. The Bertz CT molecular complexity index is 741. The molecular formula is C16H13N3O2. The Morgan fingerprint density at radius 2 is 2.05 bits per heavy atom. The molecule has 0 saturated carbocycles. The van der Waals surface area contributed by atoms with Gasteiger partial charge in [-0.15, -0.1) is 0 Å². The van der Waals surface area contributed by atoms with E-state index in [1.807, 2.05) is 24.3 Å². The number of carbonyl (C=O) groups excluding carboxylic acids is 1. The van der Waals surface area contributed by atoms with Crippen LogP contribution >= 0.6 is 0 Å². The molecule has 0 spiro atoms. The molecule has 1 amide bonds. The van der Waals surface area contributed by atoms with E-state index in [-0.39, 0.29) is 12.5 Å². The highest BCUT2D eigenvalue weighted by Crippen LogP contribution is 2.16. The van der Waals surface area contributed by atoms with Crippen LogP contribution in [0.5, 0.6) is 5.75 Å². The number of carbonyl (C=O) groups is 1. The average molecular weight is 279 g/mol. The van der Waals surface area contributed by atoms with Crippen LogP contribution < -0.4 is 4.74 Å². The lowest BCUT2D eigenvalue weighted by Crippen LogP contribution is -2.05. The van der Waals surface area contributed by atoms with E-state index < -0.39 is 0 Å². The van der Waals surface area contributed by atoms with Crippen molar-refractivity contribution in [1.29, 1.82) is 0 Å². The number of benzene rings is 1. The summed E-state index contributed by atoms with van der Waals surface area (Å²) in [6, 6.07) is 11.1. The Morgan fingerprint density at radius 3 is 3.00 bits per heavy atom. The minimum Gasteiger partial charge on any atom is -0.487 e. The van der Waals surface area contributed by atoms with Crippen LogP contribution in [0.25, 0.3) is 6.20 Å². The topological polar surface area (TPSA) is 55.9 Å².